The third kappa shape index (κ3) is 3.73. The summed E-state index contributed by atoms with van der Waals surface area (Å²) < 4.78 is 6.98. The predicted octanol–water partition coefficient (Wildman–Crippen LogP) is 14.2. The second kappa shape index (κ2) is 11.0. The maximum atomic E-state index is 6.98. The molecule has 2 heteroatoms. The van der Waals surface area contributed by atoms with Gasteiger partial charge in [-0.15, -0.1) is 0 Å². The van der Waals surface area contributed by atoms with Crippen LogP contribution < -0.4 is 4.90 Å². The molecule has 282 valence electrons. The number of hydrogen-bond donors (Lipinski definition) is 0. The molecule has 0 amide bonds. The number of fused-ring (bicyclic) bond motifs is 16. The first kappa shape index (κ1) is 33.1. The van der Waals surface area contributed by atoms with E-state index in [9.17, 15) is 0 Å². The zero-order valence-corrected chi connectivity index (χ0v) is 33.8. The average Bonchev–Trinajstić information content (AvgIpc) is 3.88. The van der Waals surface area contributed by atoms with Crippen molar-refractivity contribution in [1.29, 1.82) is 0 Å². The molecular weight excluding hydrogens is 703 g/mol. The van der Waals surface area contributed by atoms with Crippen molar-refractivity contribution in [2.24, 2.45) is 5.92 Å². The highest BCUT2D eigenvalue weighted by Crippen LogP contribution is 2.68. The van der Waals surface area contributed by atoms with Crippen LogP contribution in [-0.2, 0) is 21.8 Å². The molecule has 0 saturated heterocycles. The molecule has 58 heavy (non-hydrogen) atoms. The van der Waals surface area contributed by atoms with E-state index >= 15 is 0 Å². The van der Waals surface area contributed by atoms with E-state index in [1.807, 2.05) is 0 Å². The SMILES string of the molecule is CC1C=CC2(C)C3=C1C(C)c1oc4ccccc4c1C3(C)N(c1ccc3c(c1)C1(CCC4(CC1)c1ccccc1-c1ccccc14)c1ccccc1-3)c1ccccc12. The third-order valence-electron chi connectivity index (χ3n) is 16.3. The molecule has 1 aromatic heterocycles. The summed E-state index contributed by atoms with van der Waals surface area (Å²) >= 11 is 0. The van der Waals surface area contributed by atoms with Crippen molar-refractivity contribution in [3.8, 4) is 22.3 Å². The monoisotopic (exact) mass is 749 g/mol. The van der Waals surface area contributed by atoms with Crippen molar-refractivity contribution in [3.63, 3.8) is 0 Å². The van der Waals surface area contributed by atoms with Gasteiger partial charge in [0.25, 0.3) is 0 Å². The highest BCUT2D eigenvalue weighted by Gasteiger charge is 2.60. The number of para-hydroxylation sites is 2. The van der Waals surface area contributed by atoms with Crippen LogP contribution in [0.1, 0.15) is 98.4 Å². The zero-order valence-electron chi connectivity index (χ0n) is 33.8. The van der Waals surface area contributed by atoms with Crippen LogP contribution in [0, 0.1) is 5.92 Å². The number of allylic oxidation sites excluding steroid dienone is 3. The number of hydrogen-bond acceptors (Lipinski definition) is 2. The van der Waals surface area contributed by atoms with E-state index < -0.39 is 5.54 Å². The number of rotatable bonds is 1. The highest BCUT2D eigenvalue weighted by molar-refractivity contribution is 5.92. The second-order valence-electron chi connectivity index (χ2n) is 18.7. The van der Waals surface area contributed by atoms with Crippen LogP contribution in [0.2, 0.25) is 0 Å². The Bertz CT molecular complexity index is 2950. The highest BCUT2D eigenvalue weighted by atomic mass is 16.3. The standard InChI is InChI=1S/C56H47NO/c1-34-27-28-53(3)45-22-12-13-23-47(45)57(54(4)50-41-18-8-14-24-48(41)58-51(50)35(2)49(34)52(53)54)36-25-26-40-39-17-7-11-21-44(39)56(46(40)33-36)31-29-55(30-32-56)42-19-9-5-15-37(42)38-16-6-10-20-43(38)55/h5-28,33-35H,29-32H2,1-4H3. The summed E-state index contributed by atoms with van der Waals surface area (Å²) in [6, 6.07) is 53.4. The molecular formula is C56H47NO. The van der Waals surface area contributed by atoms with Gasteiger partial charge >= 0.3 is 0 Å². The summed E-state index contributed by atoms with van der Waals surface area (Å²) in [5.41, 5.74) is 20.3. The van der Waals surface area contributed by atoms with E-state index in [4.69, 9.17) is 4.42 Å². The van der Waals surface area contributed by atoms with Gasteiger partial charge in [-0.05, 0) is 125 Å². The first-order chi connectivity index (χ1) is 28.3. The minimum atomic E-state index is -0.493. The van der Waals surface area contributed by atoms with Gasteiger partial charge in [0.2, 0.25) is 0 Å². The second-order valence-corrected chi connectivity index (χ2v) is 18.7. The fourth-order valence-electron chi connectivity index (χ4n) is 14.0. The van der Waals surface area contributed by atoms with Crippen molar-refractivity contribution < 1.29 is 4.42 Å². The quantitative estimate of drug-likeness (QED) is 0.155. The first-order valence-corrected chi connectivity index (χ1v) is 21.6. The van der Waals surface area contributed by atoms with Crippen LogP contribution in [0.5, 0.6) is 0 Å². The Morgan fingerprint density at radius 2 is 1.10 bits per heavy atom. The first-order valence-electron chi connectivity index (χ1n) is 21.6. The summed E-state index contributed by atoms with van der Waals surface area (Å²) in [7, 11) is 0. The average molecular weight is 750 g/mol. The Morgan fingerprint density at radius 3 is 1.76 bits per heavy atom. The molecule has 4 atom stereocenters. The number of nitrogens with zero attached hydrogens (tertiary/aromatic N) is 1. The van der Waals surface area contributed by atoms with Gasteiger partial charge in [-0.3, -0.25) is 0 Å². The third-order valence-corrected chi connectivity index (χ3v) is 16.3. The lowest BCUT2D eigenvalue weighted by atomic mass is 9.53. The molecule has 5 aliphatic carbocycles. The Kier molecular flexibility index (Phi) is 6.28. The van der Waals surface area contributed by atoms with Gasteiger partial charge < -0.3 is 9.32 Å². The van der Waals surface area contributed by atoms with E-state index in [0.29, 0.717) is 5.92 Å². The smallest absolute Gasteiger partial charge is 0.134 e. The van der Waals surface area contributed by atoms with Gasteiger partial charge in [-0.1, -0.05) is 147 Å². The van der Waals surface area contributed by atoms with Crippen molar-refractivity contribution in [1.82, 2.24) is 0 Å². The van der Waals surface area contributed by atoms with Gasteiger partial charge in [0.1, 0.15) is 11.3 Å². The van der Waals surface area contributed by atoms with Gasteiger partial charge in [0.15, 0.2) is 0 Å². The molecule has 1 saturated carbocycles. The molecule has 1 aliphatic heterocycles. The molecule has 4 unspecified atom stereocenters. The summed E-state index contributed by atoms with van der Waals surface area (Å²) in [4.78, 5) is 2.74. The van der Waals surface area contributed by atoms with Crippen LogP contribution in [-0.4, -0.2) is 0 Å². The van der Waals surface area contributed by atoms with Gasteiger partial charge in [-0.25, -0.2) is 0 Å². The van der Waals surface area contributed by atoms with E-state index in [-0.39, 0.29) is 22.2 Å². The van der Waals surface area contributed by atoms with E-state index in [2.05, 4.69) is 184 Å². The van der Waals surface area contributed by atoms with Gasteiger partial charge in [-0.2, -0.15) is 0 Å². The molecule has 0 radical (unpaired) electrons. The Morgan fingerprint density at radius 1 is 0.569 bits per heavy atom. The number of anilines is 2. The van der Waals surface area contributed by atoms with Crippen molar-refractivity contribution >= 4 is 22.3 Å². The van der Waals surface area contributed by atoms with E-state index in [0.717, 1.165) is 37.0 Å². The Labute approximate surface area is 341 Å². The minimum Gasteiger partial charge on any atom is -0.460 e. The molecule has 2 nitrogen and oxygen atoms in total. The van der Waals surface area contributed by atoms with Crippen LogP contribution in [0.3, 0.4) is 0 Å². The molecule has 1 fully saturated rings. The maximum Gasteiger partial charge on any atom is 0.134 e. The molecule has 2 spiro atoms. The molecule has 6 aromatic carbocycles. The number of benzene rings is 6. The van der Waals surface area contributed by atoms with Crippen LogP contribution in [0.4, 0.5) is 11.4 Å². The molecule has 6 aliphatic rings. The van der Waals surface area contributed by atoms with Crippen molar-refractivity contribution in [2.75, 3.05) is 4.90 Å². The minimum absolute atomic E-state index is 0.0447. The summed E-state index contributed by atoms with van der Waals surface area (Å²) in [5.74, 6) is 1.61. The Balaban J connectivity index is 1.04. The summed E-state index contributed by atoms with van der Waals surface area (Å²) in [6.07, 6.45) is 9.47. The predicted molar refractivity (Wildman–Crippen MR) is 237 cm³/mol. The van der Waals surface area contributed by atoms with Crippen LogP contribution in [0.15, 0.2) is 167 Å². The van der Waals surface area contributed by atoms with Crippen molar-refractivity contribution in [3.05, 3.63) is 202 Å². The lowest BCUT2D eigenvalue weighted by Gasteiger charge is -2.59. The lowest BCUT2D eigenvalue weighted by Crippen LogP contribution is -2.56. The van der Waals surface area contributed by atoms with E-state index in [1.165, 1.54) is 83.5 Å². The molecule has 0 bridgehead atoms. The van der Waals surface area contributed by atoms with Gasteiger partial charge in [0, 0.05) is 44.5 Å². The van der Waals surface area contributed by atoms with Crippen LogP contribution in [0.25, 0.3) is 33.2 Å². The van der Waals surface area contributed by atoms with Gasteiger partial charge in [0.05, 0.1) is 5.54 Å². The van der Waals surface area contributed by atoms with Crippen molar-refractivity contribution in [2.45, 2.75) is 81.1 Å². The normalized spacial score (nSPS) is 25.9. The summed E-state index contributed by atoms with van der Waals surface area (Å²) in [6.45, 7) is 9.77. The fraction of sp³-hybridized carbons (Fsp3) is 0.250. The molecule has 0 N–H and O–H groups in total. The van der Waals surface area contributed by atoms with Crippen LogP contribution >= 0.6 is 0 Å². The lowest BCUT2D eigenvalue weighted by molar-refractivity contribution is 0.265. The fourth-order valence-corrected chi connectivity index (χ4v) is 14.0. The zero-order chi connectivity index (χ0) is 38.8. The molecule has 13 rings (SSSR count). The topological polar surface area (TPSA) is 16.4 Å². The maximum absolute atomic E-state index is 6.98. The molecule has 7 aromatic rings. The largest absolute Gasteiger partial charge is 0.460 e. The summed E-state index contributed by atoms with van der Waals surface area (Å²) in [5, 5.41) is 1.23. The van der Waals surface area contributed by atoms with E-state index in [1.54, 1.807) is 0 Å². The Hall–Kier alpha value is -5.86. The molecule has 2 heterocycles. The number of furan rings is 1.